The number of nitrogens with one attached hydrogen (secondary N) is 3. The van der Waals surface area contributed by atoms with Crippen molar-refractivity contribution in [2.24, 2.45) is 0 Å². The molecule has 2 saturated heterocycles. The summed E-state index contributed by atoms with van der Waals surface area (Å²) in [6, 6.07) is 14.1. The molecule has 3 heterocycles. The van der Waals surface area contributed by atoms with Crippen molar-refractivity contribution in [3.63, 3.8) is 0 Å². The molecule has 5 atom stereocenters. The number of rotatable bonds is 17. The van der Waals surface area contributed by atoms with Gasteiger partial charge in [-0.25, -0.2) is 9.59 Å². The first-order chi connectivity index (χ1) is 25.3. The number of amides is 3. The Morgan fingerprint density at radius 1 is 0.942 bits per heavy atom. The van der Waals surface area contributed by atoms with Crippen LogP contribution in [0.2, 0.25) is 0 Å². The Bertz CT molecular complexity index is 1490. The largest absolute Gasteiger partial charge is 0.454 e. The van der Waals surface area contributed by atoms with Crippen LogP contribution in [0.4, 0.5) is 9.59 Å². The molecule has 1 spiro atoms. The fourth-order valence-corrected chi connectivity index (χ4v) is 6.63. The van der Waals surface area contributed by atoms with Crippen LogP contribution in [0.5, 0.6) is 11.5 Å². The van der Waals surface area contributed by atoms with Crippen molar-refractivity contribution in [1.82, 2.24) is 16.0 Å². The van der Waals surface area contributed by atoms with Gasteiger partial charge in [-0.2, -0.15) is 0 Å². The fourth-order valence-electron chi connectivity index (χ4n) is 6.63. The van der Waals surface area contributed by atoms with E-state index in [0.717, 1.165) is 17.5 Å². The van der Waals surface area contributed by atoms with Crippen molar-refractivity contribution in [2.45, 2.75) is 88.1 Å². The summed E-state index contributed by atoms with van der Waals surface area (Å²) >= 11 is 0. The van der Waals surface area contributed by atoms with E-state index < -0.39 is 42.3 Å². The zero-order valence-electron chi connectivity index (χ0n) is 29.7. The summed E-state index contributed by atoms with van der Waals surface area (Å²) in [4.78, 5) is 51.4. The minimum Gasteiger partial charge on any atom is -0.454 e. The third-order valence-corrected chi connectivity index (χ3v) is 9.05. The quantitative estimate of drug-likeness (QED) is 0.202. The molecule has 0 aliphatic carbocycles. The van der Waals surface area contributed by atoms with Gasteiger partial charge in [0, 0.05) is 58.6 Å². The van der Waals surface area contributed by atoms with E-state index in [4.69, 9.17) is 37.9 Å². The summed E-state index contributed by atoms with van der Waals surface area (Å²) in [5.41, 5.74) is 1.66. The summed E-state index contributed by atoms with van der Waals surface area (Å²) < 4.78 is 45.3. The van der Waals surface area contributed by atoms with Gasteiger partial charge in [-0.1, -0.05) is 42.5 Å². The average molecular weight is 728 g/mol. The molecule has 0 saturated carbocycles. The molecule has 2 aromatic carbocycles. The third-order valence-electron chi connectivity index (χ3n) is 9.05. The van der Waals surface area contributed by atoms with E-state index >= 15 is 0 Å². The monoisotopic (exact) mass is 727 g/mol. The molecule has 5 rings (SSSR count). The van der Waals surface area contributed by atoms with Crippen LogP contribution >= 0.6 is 0 Å². The van der Waals surface area contributed by atoms with E-state index in [0.29, 0.717) is 50.3 Å². The van der Waals surface area contributed by atoms with Crippen molar-refractivity contribution in [3.05, 3.63) is 59.7 Å². The number of alkyl carbamates (subject to hydrolysis) is 2. The van der Waals surface area contributed by atoms with Gasteiger partial charge in [0.1, 0.15) is 19.3 Å². The minimum atomic E-state index is -1.13. The van der Waals surface area contributed by atoms with Crippen LogP contribution in [-0.4, -0.2) is 101 Å². The lowest BCUT2D eigenvalue weighted by Crippen LogP contribution is -2.54. The van der Waals surface area contributed by atoms with E-state index in [1.165, 1.54) is 7.11 Å². The molecule has 15 heteroatoms. The van der Waals surface area contributed by atoms with Gasteiger partial charge in [0.2, 0.25) is 12.7 Å². The molecule has 2 fully saturated rings. The number of methoxy groups -OCH3 is 2. The molecule has 284 valence electrons. The predicted octanol–water partition coefficient (Wildman–Crippen LogP) is 3.55. The maximum atomic E-state index is 13.3. The lowest BCUT2D eigenvalue weighted by Gasteiger charge is -2.47. The van der Waals surface area contributed by atoms with Crippen LogP contribution in [0.15, 0.2) is 48.5 Å². The average Bonchev–Trinajstić information content (AvgIpc) is 3.62. The molecule has 0 unspecified atom stereocenters. The van der Waals surface area contributed by atoms with Crippen LogP contribution < -0.4 is 25.4 Å². The summed E-state index contributed by atoms with van der Waals surface area (Å²) in [5, 5.41) is 8.29. The molecule has 3 aliphatic heterocycles. The van der Waals surface area contributed by atoms with Crippen LogP contribution in [0.25, 0.3) is 0 Å². The molecule has 15 nitrogen and oxygen atoms in total. The summed E-state index contributed by atoms with van der Waals surface area (Å²) in [5.74, 6) is -0.486. The first kappa shape index (κ1) is 38.8. The summed E-state index contributed by atoms with van der Waals surface area (Å²) in [6.45, 7) is 0.824. The lowest BCUT2D eigenvalue weighted by molar-refractivity contribution is -0.329. The number of ketones is 1. The molecule has 0 bridgehead atoms. The van der Waals surface area contributed by atoms with Gasteiger partial charge in [0.15, 0.2) is 23.1 Å². The normalized spacial score (nSPS) is 22.6. The summed E-state index contributed by atoms with van der Waals surface area (Å²) in [7, 11) is 2.98. The molecule has 3 aliphatic rings. The number of ether oxygens (including phenoxy) is 8. The number of benzene rings is 2. The van der Waals surface area contributed by atoms with Gasteiger partial charge in [0.05, 0.1) is 24.9 Å². The highest BCUT2D eigenvalue weighted by molar-refractivity contribution is 5.90. The second-order valence-electron chi connectivity index (χ2n) is 13.0. The van der Waals surface area contributed by atoms with E-state index in [2.05, 4.69) is 16.0 Å². The number of carbonyl (C=O) groups excluding carboxylic acids is 4. The zero-order valence-corrected chi connectivity index (χ0v) is 29.7. The highest BCUT2D eigenvalue weighted by Crippen LogP contribution is 2.41. The second kappa shape index (κ2) is 19.4. The van der Waals surface area contributed by atoms with E-state index in [-0.39, 0.29) is 57.5 Å². The van der Waals surface area contributed by atoms with Gasteiger partial charge in [-0.05, 0) is 37.3 Å². The van der Waals surface area contributed by atoms with Crippen molar-refractivity contribution < 1.29 is 57.1 Å². The van der Waals surface area contributed by atoms with Gasteiger partial charge >= 0.3 is 12.2 Å². The maximum absolute atomic E-state index is 13.3. The second-order valence-corrected chi connectivity index (χ2v) is 13.0. The number of hydrogen-bond donors (Lipinski definition) is 3. The maximum Gasteiger partial charge on any atom is 0.407 e. The standard InChI is InChI=1S/C37H49N3O12/c1-45-17-16-38-35(43)47-22-28-11-7-15-37(52-28)20-29(50-36(44)39-21-26-10-6-12-32-34(26)49-24-48-32)19-27(51-37)13-14-33(42)40-30(31(41)23-46-2)18-25-8-4-3-5-9-25/h3-6,8-10,12,27-30H,7,11,13-24H2,1-2H3,(H,38,43)(H,39,44)(H,40,42)/t27-,28-,29-,30+,37+/m1/s1. The number of carbonyl (C=O) groups is 4. The SMILES string of the molecule is COCCNC(=O)OC[C@H]1CCC[C@@]2(C[C@H](OC(=O)NCc3cccc4c3OCO4)C[C@@H](CCC(=O)N[C@@H](Cc3ccccc3)C(=O)COC)O2)O1. The predicted molar refractivity (Wildman–Crippen MR) is 185 cm³/mol. The summed E-state index contributed by atoms with van der Waals surface area (Å²) in [6.07, 6.45) is 0.343. The molecular formula is C37H49N3O12. The molecule has 52 heavy (non-hydrogen) atoms. The smallest absolute Gasteiger partial charge is 0.407 e. The Balaban J connectivity index is 1.21. The molecule has 3 amide bonds. The van der Waals surface area contributed by atoms with Crippen molar-refractivity contribution in [1.29, 1.82) is 0 Å². The topological polar surface area (TPSA) is 178 Å². The van der Waals surface area contributed by atoms with Crippen LogP contribution in [0.3, 0.4) is 0 Å². The van der Waals surface area contributed by atoms with Crippen molar-refractivity contribution >= 4 is 23.9 Å². The van der Waals surface area contributed by atoms with E-state index in [1.807, 2.05) is 42.5 Å². The van der Waals surface area contributed by atoms with Crippen LogP contribution in [0.1, 0.15) is 56.1 Å². The van der Waals surface area contributed by atoms with Crippen molar-refractivity contribution in [2.75, 3.05) is 47.4 Å². The van der Waals surface area contributed by atoms with Gasteiger partial charge in [-0.15, -0.1) is 0 Å². The van der Waals surface area contributed by atoms with E-state index in [1.54, 1.807) is 13.2 Å². The van der Waals surface area contributed by atoms with Crippen LogP contribution in [-0.2, 0) is 51.0 Å². The lowest BCUT2D eigenvalue weighted by atomic mass is 9.90. The molecular weight excluding hydrogens is 678 g/mol. The molecule has 0 radical (unpaired) electrons. The Morgan fingerprint density at radius 3 is 2.58 bits per heavy atom. The van der Waals surface area contributed by atoms with Crippen LogP contribution in [0, 0.1) is 0 Å². The Kier molecular flexibility index (Phi) is 14.5. The molecule has 0 aromatic heterocycles. The number of Topliss-reactive ketones (excluding diaryl/α,β-unsaturated/α-hetero) is 1. The van der Waals surface area contributed by atoms with Gasteiger partial charge in [-0.3, -0.25) is 9.59 Å². The first-order valence-corrected chi connectivity index (χ1v) is 17.7. The highest BCUT2D eigenvalue weighted by atomic mass is 16.7. The Labute approximate surface area is 303 Å². The Hall–Kier alpha value is -4.44. The van der Waals surface area contributed by atoms with E-state index in [9.17, 15) is 19.2 Å². The fraction of sp³-hybridized carbons (Fsp3) is 0.568. The highest BCUT2D eigenvalue weighted by Gasteiger charge is 2.47. The van der Waals surface area contributed by atoms with Crippen molar-refractivity contribution in [3.8, 4) is 11.5 Å². The minimum absolute atomic E-state index is 0.00843. The third kappa shape index (κ3) is 11.5. The first-order valence-electron chi connectivity index (χ1n) is 17.7. The zero-order chi connectivity index (χ0) is 36.8. The molecule has 2 aromatic rings. The number of hydrogen-bond acceptors (Lipinski definition) is 12. The number of para-hydroxylation sites is 1. The molecule has 3 N–H and O–H groups in total. The Morgan fingerprint density at radius 2 is 1.77 bits per heavy atom. The van der Waals surface area contributed by atoms with Gasteiger partial charge < -0.3 is 53.8 Å². The van der Waals surface area contributed by atoms with Gasteiger partial charge in [0.25, 0.3) is 0 Å². The number of fused-ring (bicyclic) bond motifs is 1.